The number of carbonyl (C=O) groups excluding carboxylic acids is 1. The third kappa shape index (κ3) is 5.08. The second kappa shape index (κ2) is 9.47. The Labute approximate surface area is 173 Å². The zero-order chi connectivity index (χ0) is 21.5. The molecule has 1 amide bonds. The summed E-state index contributed by atoms with van der Waals surface area (Å²) in [6.45, 7) is 0. The largest absolute Gasteiger partial charge is 0.480 e. The maximum absolute atomic E-state index is 12.6. The molecule has 0 unspecified atom stereocenters. The Morgan fingerprint density at radius 3 is 1.97 bits per heavy atom. The molecule has 0 aliphatic rings. The molecule has 0 radical (unpaired) electrons. The Morgan fingerprint density at radius 1 is 0.900 bits per heavy atom. The lowest BCUT2D eigenvalue weighted by atomic mass is 9.85. The molecule has 30 heavy (non-hydrogen) atoms. The third-order valence-electron chi connectivity index (χ3n) is 4.72. The van der Waals surface area contributed by atoms with Crippen LogP contribution in [0.4, 0.5) is 5.69 Å². The van der Waals surface area contributed by atoms with Gasteiger partial charge in [0, 0.05) is 18.1 Å². The molecule has 0 aliphatic heterocycles. The van der Waals surface area contributed by atoms with Crippen molar-refractivity contribution in [2.45, 2.75) is 18.4 Å². The fraction of sp³-hybridized carbons (Fsp3) is 0.130. The Kier molecular flexibility index (Phi) is 6.54. The molecule has 0 saturated carbocycles. The summed E-state index contributed by atoms with van der Waals surface area (Å²) in [5, 5.41) is 23.4. The van der Waals surface area contributed by atoms with E-state index < -0.39 is 28.8 Å². The molecule has 7 heteroatoms. The van der Waals surface area contributed by atoms with Gasteiger partial charge in [0.2, 0.25) is 5.91 Å². The predicted octanol–water partition coefficient (Wildman–Crippen LogP) is 3.54. The topological polar surface area (TPSA) is 110 Å². The maximum atomic E-state index is 12.6. The second-order valence-electron chi connectivity index (χ2n) is 6.79. The molecule has 1 atom stereocenters. The summed E-state index contributed by atoms with van der Waals surface area (Å²) in [5.41, 5.74) is 1.82. The van der Waals surface area contributed by atoms with Crippen LogP contribution < -0.4 is 5.32 Å². The summed E-state index contributed by atoms with van der Waals surface area (Å²) in [6.07, 6.45) is -0.165. The van der Waals surface area contributed by atoms with Crippen LogP contribution in [0.2, 0.25) is 0 Å². The predicted molar refractivity (Wildman–Crippen MR) is 111 cm³/mol. The average Bonchev–Trinajstić information content (AvgIpc) is 2.75. The number of aliphatic carboxylic acids is 1. The van der Waals surface area contributed by atoms with Crippen LogP contribution in [0.3, 0.4) is 0 Å². The van der Waals surface area contributed by atoms with Gasteiger partial charge in [-0.05, 0) is 16.7 Å². The van der Waals surface area contributed by atoms with Gasteiger partial charge in [-0.2, -0.15) is 0 Å². The first-order valence-corrected chi connectivity index (χ1v) is 9.31. The minimum atomic E-state index is -1.21. The summed E-state index contributed by atoms with van der Waals surface area (Å²) >= 11 is 0. The standard InChI is InChI=1S/C23H20N2O5/c26-20(15-16-8-7-13-19(14-16)25(29)30)24-22(23(27)28)21(17-9-3-1-4-10-17)18-11-5-2-6-12-18/h1-14,21-22H,15H2,(H,24,26)(H,27,28)/t22-/m0/s1. The van der Waals surface area contributed by atoms with Crippen molar-refractivity contribution in [2.75, 3.05) is 0 Å². The van der Waals surface area contributed by atoms with E-state index in [1.807, 2.05) is 60.7 Å². The first kappa shape index (κ1) is 20.7. The normalized spacial score (nSPS) is 11.6. The summed E-state index contributed by atoms with van der Waals surface area (Å²) in [4.78, 5) is 35.1. The number of carbonyl (C=O) groups is 2. The number of nitrogens with one attached hydrogen (secondary N) is 1. The minimum absolute atomic E-state index is 0.124. The number of nitrogens with zero attached hydrogens (tertiary/aromatic N) is 1. The zero-order valence-corrected chi connectivity index (χ0v) is 16.0. The van der Waals surface area contributed by atoms with Crippen molar-refractivity contribution in [1.29, 1.82) is 0 Å². The highest BCUT2D eigenvalue weighted by Gasteiger charge is 2.32. The van der Waals surface area contributed by atoms with Crippen molar-refractivity contribution in [3.05, 3.63) is 112 Å². The van der Waals surface area contributed by atoms with Gasteiger partial charge in [0.1, 0.15) is 6.04 Å². The van der Waals surface area contributed by atoms with Gasteiger partial charge in [0.25, 0.3) is 5.69 Å². The van der Waals surface area contributed by atoms with Crippen molar-refractivity contribution < 1.29 is 19.6 Å². The Morgan fingerprint density at radius 2 is 1.47 bits per heavy atom. The van der Waals surface area contributed by atoms with E-state index in [0.29, 0.717) is 5.56 Å². The van der Waals surface area contributed by atoms with E-state index in [0.717, 1.165) is 11.1 Å². The number of benzene rings is 3. The summed E-state index contributed by atoms with van der Waals surface area (Å²) < 4.78 is 0. The molecular weight excluding hydrogens is 384 g/mol. The lowest BCUT2D eigenvalue weighted by Gasteiger charge is -2.26. The Bertz CT molecular complexity index is 998. The number of carboxylic acid groups (broad SMARTS) is 1. The Balaban J connectivity index is 1.87. The molecule has 2 N–H and O–H groups in total. The molecule has 0 spiro atoms. The number of carboxylic acids is 1. The van der Waals surface area contributed by atoms with Crippen LogP contribution in [-0.2, 0) is 16.0 Å². The van der Waals surface area contributed by atoms with E-state index in [2.05, 4.69) is 5.32 Å². The molecule has 152 valence electrons. The van der Waals surface area contributed by atoms with E-state index >= 15 is 0 Å². The van der Waals surface area contributed by atoms with Gasteiger partial charge in [-0.1, -0.05) is 72.8 Å². The highest BCUT2D eigenvalue weighted by molar-refractivity contribution is 5.86. The van der Waals surface area contributed by atoms with E-state index in [9.17, 15) is 24.8 Å². The Hall–Kier alpha value is -4.00. The summed E-state index contributed by atoms with van der Waals surface area (Å²) in [6, 6.07) is 22.7. The lowest BCUT2D eigenvalue weighted by molar-refractivity contribution is -0.384. The number of nitro benzene ring substituents is 1. The first-order chi connectivity index (χ1) is 14.5. The zero-order valence-electron chi connectivity index (χ0n) is 16.0. The monoisotopic (exact) mass is 404 g/mol. The molecule has 3 rings (SSSR count). The minimum Gasteiger partial charge on any atom is -0.480 e. The van der Waals surface area contributed by atoms with Crippen LogP contribution in [0.1, 0.15) is 22.6 Å². The van der Waals surface area contributed by atoms with E-state index in [4.69, 9.17) is 0 Å². The van der Waals surface area contributed by atoms with Crippen LogP contribution >= 0.6 is 0 Å². The molecule has 3 aromatic rings. The van der Waals surface area contributed by atoms with Gasteiger partial charge in [0.15, 0.2) is 0 Å². The van der Waals surface area contributed by atoms with Crippen molar-refractivity contribution in [3.8, 4) is 0 Å². The molecule has 0 fully saturated rings. The average molecular weight is 404 g/mol. The van der Waals surface area contributed by atoms with Crippen molar-refractivity contribution in [2.24, 2.45) is 0 Å². The van der Waals surface area contributed by atoms with E-state index in [1.165, 1.54) is 18.2 Å². The van der Waals surface area contributed by atoms with Gasteiger partial charge < -0.3 is 10.4 Å². The van der Waals surface area contributed by atoms with Gasteiger partial charge in [-0.25, -0.2) is 4.79 Å². The summed E-state index contributed by atoms with van der Waals surface area (Å²) in [5.74, 6) is -2.29. The van der Waals surface area contributed by atoms with Crippen LogP contribution in [0.25, 0.3) is 0 Å². The second-order valence-corrected chi connectivity index (χ2v) is 6.79. The van der Waals surface area contributed by atoms with Crippen LogP contribution in [0.15, 0.2) is 84.9 Å². The van der Waals surface area contributed by atoms with E-state index in [-0.39, 0.29) is 12.1 Å². The van der Waals surface area contributed by atoms with Crippen molar-refractivity contribution >= 4 is 17.6 Å². The molecular formula is C23H20N2O5. The summed E-state index contributed by atoms with van der Waals surface area (Å²) in [7, 11) is 0. The molecule has 0 aromatic heterocycles. The number of hydrogen-bond donors (Lipinski definition) is 2. The fourth-order valence-electron chi connectivity index (χ4n) is 3.38. The number of hydrogen-bond acceptors (Lipinski definition) is 4. The van der Waals surface area contributed by atoms with Crippen LogP contribution in [-0.4, -0.2) is 27.9 Å². The number of nitro groups is 1. The SMILES string of the molecule is O=C(Cc1cccc([N+](=O)[O-])c1)N[C@H](C(=O)O)C(c1ccccc1)c1ccccc1. The molecule has 0 heterocycles. The van der Waals surface area contributed by atoms with Gasteiger partial charge in [0.05, 0.1) is 11.3 Å². The van der Waals surface area contributed by atoms with Gasteiger partial charge in [-0.15, -0.1) is 0 Å². The molecule has 3 aromatic carbocycles. The van der Waals surface area contributed by atoms with Crippen LogP contribution in [0, 0.1) is 10.1 Å². The molecule has 0 aliphatic carbocycles. The molecule has 0 bridgehead atoms. The molecule has 0 saturated heterocycles. The van der Waals surface area contributed by atoms with Gasteiger partial charge in [-0.3, -0.25) is 14.9 Å². The van der Waals surface area contributed by atoms with E-state index in [1.54, 1.807) is 6.07 Å². The molecule has 7 nitrogen and oxygen atoms in total. The first-order valence-electron chi connectivity index (χ1n) is 9.31. The maximum Gasteiger partial charge on any atom is 0.327 e. The van der Waals surface area contributed by atoms with Crippen molar-refractivity contribution in [3.63, 3.8) is 0 Å². The van der Waals surface area contributed by atoms with Crippen molar-refractivity contribution in [1.82, 2.24) is 5.32 Å². The number of non-ortho nitro benzene ring substituents is 1. The highest BCUT2D eigenvalue weighted by Crippen LogP contribution is 2.28. The number of amides is 1. The fourth-order valence-corrected chi connectivity index (χ4v) is 3.38. The smallest absolute Gasteiger partial charge is 0.327 e. The quantitative estimate of drug-likeness (QED) is 0.441. The van der Waals surface area contributed by atoms with Gasteiger partial charge >= 0.3 is 5.97 Å². The third-order valence-corrected chi connectivity index (χ3v) is 4.72. The number of rotatable bonds is 8. The highest BCUT2D eigenvalue weighted by atomic mass is 16.6. The van der Waals surface area contributed by atoms with Crippen LogP contribution in [0.5, 0.6) is 0 Å². The lowest BCUT2D eigenvalue weighted by Crippen LogP contribution is -2.46.